The molecule has 1 aromatic carbocycles. The SMILES string of the molecule is C#CCCC1(CCNC(=O)C(c2ccccc2)N2CCCCC2=O)N=N1. The van der Waals surface area contributed by atoms with Crippen molar-refractivity contribution in [3.05, 3.63) is 35.9 Å². The van der Waals surface area contributed by atoms with Crippen LogP contribution in [0.1, 0.15) is 50.1 Å². The van der Waals surface area contributed by atoms with Crippen LogP contribution in [0.25, 0.3) is 0 Å². The van der Waals surface area contributed by atoms with Gasteiger partial charge < -0.3 is 10.2 Å². The monoisotopic (exact) mass is 352 g/mol. The number of benzene rings is 1. The normalized spacial score (nSPS) is 18.9. The topological polar surface area (TPSA) is 74.1 Å². The Morgan fingerprint density at radius 3 is 2.69 bits per heavy atom. The third kappa shape index (κ3) is 4.29. The third-order valence-corrected chi connectivity index (χ3v) is 4.91. The van der Waals surface area contributed by atoms with Crippen LogP contribution in [0.15, 0.2) is 40.6 Å². The van der Waals surface area contributed by atoms with Crippen molar-refractivity contribution in [3.63, 3.8) is 0 Å². The molecule has 2 heterocycles. The first kappa shape index (κ1) is 18.1. The Bertz CT molecular complexity index is 717. The lowest BCUT2D eigenvalue weighted by atomic mass is 10.00. The Labute approximate surface area is 154 Å². The van der Waals surface area contributed by atoms with Gasteiger partial charge in [0.25, 0.3) is 0 Å². The highest BCUT2D eigenvalue weighted by Crippen LogP contribution is 2.36. The van der Waals surface area contributed by atoms with Crippen molar-refractivity contribution >= 4 is 11.8 Å². The molecule has 6 heteroatoms. The fourth-order valence-electron chi connectivity index (χ4n) is 3.36. The fraction of sp³-hybridized carbons (Fsp3) is 0.500. The van der Waals surface area contributed by atoms with Crippen LogP contribution in [0, 0.1) is 12.3 Å². The average Bonchev–Trinajstić information content (AvgIpc) is 3.43. The van der Waals surface area contributed by atoms with Crippen molar-refractivity contribution in [2.24, 2.45) is 10.2 Å². The molecule has 1 aromatic rings. The summed E-state index contributed by atoms with van der Waals surface area (Å²) in [5.41, 5.74) is 0.422. The number of carbonyl (C=O) groups is 2. The second kappa shape index (κ2) is 8.13. The van der Waals surface area contributed by atoms with Gasteiger partial charge in [-0.05, 0) is 18.4 Å². The first-order valence-electron chi connectivity index (χ1n) is 9.15. The van der Waals surface area contributed by atoms with E-state index in [1.807, 2.05) is 30.3 Å². The minimum Gasteiger partial charge on any atom is -0.354 e. The standard InChI is InChI=1S/C20H24N4O2/c1-2-3-12-20(22-23-20)13-14-21-19(26)18(16-9-5-4-6-10-16)24-15-8-7-11-17(24)25/h1,4-6,9-10,18H,3,7-8,11-15H2,(H,21,26). The van der Waals surface area contributed by atoms with Crippen LogP contribution in [0.2, 0.25) is 0 Å². The van der Waals surface area contributed by atoms with Crippen molar-refractivity contribution in [2.75, 3.05) is 13.1 Å². The van der Waals surface area contributed by atoms with Crippen LogP contribution >= 0.6 is 0 Å². The van der Waals surface area contributed by atoms with Gasteiger partial charge >= 0.3 is 0 Å². The second-order valence-electron chi connectivity index (χ2n) is 6.79. The molecule has 1 N–H and O–H groups in total. The van der Waals surface area contributed by atoms with Gasteiger partial charge in [-0.15, -0.1) is 12.3 Å². The quantitative estimate of drug-likeness (QED) is 0.731. The summed E-state index contributed by atoms with van der Waals surface area (Å²) in [5.74, 6) is 2.49. The summed E-state index contributed by atoms with van der Waals surface area (Å²) in [6.07, 6.45) is 9.59. The first-order chi connectivity index (χ1) is 12.7. The molecule has 0 saturated carbocycles. The van der Waals surface area contributed by atoms with Crippen molar-refractivity contribution in [1.29, 1.82) is 0 Å². The summed E-state index contributed by atoms with van der Waals surface area (Å²) in [4.78, 5) is 27.0. The van der Waals surface area contributed by atoms with E-state index in [9.17, 15) is 9.59 Å². The molecule has 3 rings (SSSR count). The summed E-state index contributed by atoms with van der Waals surface area (Å²) in [6, 6.07) is 8.89. The highest BCUT2D eigenvalue weighted by atomic mass is 16.2. The minimum atomic E-state index is -0.585. The Hall–Kier alpha value is -2.68. The van der Waals surface area contributed by atoms with E-state index in [4.69, 9.17) is 6.42 Å². The van der Waals surface area contributed by atoms with E-state index in [0.717, 1.165) is 18.4 Å². The summed E-state index contributed by atoms with van der Waals surface area (Å²) < 4.78 is 0. The number of amides is 2. The zero-order valence-corrected chi connectivity index (χ0v) is 14.9. The first-order valence-corrected chi connectivity index (χ1v) is 9.15. The second-order valence-corrected chi connectivity index (χ2v) is 6.79. The van der Waals surface area contributed by atoms with Gasteiger partial charge in [0, 0.05) is 38.8 Å². The molecule has 6 nitrogen and oxygen atoms in total. The Morgan fingerprint density at radius 2 is 2.04 bits per heavy atom. The predicted molar refractivity (Wildman–Crippen MR) is 98.0 cm³/mol. The summed E-state index contributed by atoms with van der Waals surface area (Å²) in [6.45, 7) is 1.07. The molecular weight excluding hydrogens is 328 g/mol. The van der Waals surface area contributed by atoms with E-state index in [0.29, 0.717) is 38.8 Å². The van der Waals surface area contributed by atoms with Crippen LogP contribution < -0.4 is 5.32 Å². The fourth-order valence-corrected chi connectivity index (χ4v) is 3.36. The molecule has 2 aliphatic rings. The lowest BCUT2D eigenvalue weighted by Gasteiger charge is -2.34. The largest absolute Gasteiger partial charge is 0.354 e. The minimum absolute atomic E-state index is 0.0398. The molecule has 136 valence electrons. The maximum atomic E-state index is 12.9. The van der Waals surface area contributed by atoms with E-state index >= 15 is 0 Å². The molecule has 0 spiro atoms. The number of nitrogens with zero attached hydrogens (tertiary/aromatic N) is 3. The van der Waals surface area contributed by atoms with Gasteiger partial charge in [-0.2, -0.15) is 10.2 Å². The van der Waals surface area contributed by atoms with E-state index < -0.39 is 11.7 Å². The van der Waals surface area contributed by atoms with Crippen LogP contribution in [0.5, 0.6) is 0 Å². The number of hydrogen-bond donors (Lipinski definition) is 1. The van der Waals surface area contributed by atoms with E-state index in [2.05, 4.69) is 21.5 Å². The van der Waals surface area contributed by atoms with Gasteiger partial charge in [0.05, 0.1) is 0 Å². The number of piperidine rings is 1. The molecule has 26 heavy (non-hydrogen) atoms. The number of terminal acetylenes is 1. The van der Waals surface area contributed by atoms with E-state index in [-0.39, 0.29) is 11.8 Å². The number of likely N-dealkylation sites (tertiary alicyclic amines) is 1. The molecule has 2 aliphatic heterocycles. The molecule has 1 unspecified atom stereocenters. The number of rotatable bonds is 8. The Morgan fingerprint density at radius 1 is 1.27 bits per heavy atom. The van der Waals surface area contributed by atoms with Crippen molar-refractivity contribution in [2.45, 2.75) is 50.2 Å². The summed E-state index contributed by atoms with van der Waals surface area (Å²) in [5, 5.41) is 11.1. The highest BCUT2D eigenvalue weighted by Gasteiger charge is 2.39. The molecule has 0 bridgehead atoms. The van der Waals surface area contributed by atoms with Crippen LogP contribution in [-0.4, -0.2) is 35.5 Å². The zero-order valence-electron chi connectivity index (χ0n) is 14.9. The Kier molecular flexibility index (Phi) is 5.67. The lowest BCUT2D eigenvalue weighted by molar-refractivity contribution is -0.142. The Balaban J connectivity index is 1.64. The molecule has 2 amide bonds. The van der Waals surface area contributed by atoms with Gasteiger partial charge in [-0.25, -0.2) is 0 Å². The van der Waals surface area contributed by atoms with Gasteiger partial charge in [-0.1, -0.05) is 30.3 Å². The summed E-state index contributed by atoms with van der Waals surface area (Å²) >= 11 is 0. The molecule has 0 aromatic heterocycles. The van der Waals surface area contributed by atoms with Gasteiger partial charge in [-0.3, -0.25) is 9.59 Å². The highest BCUT2D eigenvalue weighted by molar-refractivity contribution is 5.89. The summed E-state index contributed by atoms with van der Waals surface area (Å²) in [7, 11) is 0. The van der Waals surface area contributed by atoms with Crippen LogP contribution in [0.3, 0.4) is 0 Å². The van der Waals surface area contributed by atoms with Crippen molar-refractivity contribution in [1.82, 2.24) is 10.2 Å². The van der Waals surface area contributed by atoms with Crippen LogP contribution in [-0.2, 0) is 9.59 Å². The lowest BCUT2D eigenvalue weighted by Crippen LogP contribution is -2.46. The molecular formula is C20H24N4O2. The average molecular weight is 352 g/mol. The maximum Gasteiger partial charge on any atom is 0.247 e. The third-order valence-electron chi connectivity index (χ3n) is 4.91. The van der Waals surface area contributed by atoms with Gasteiger partial charge in [0.2, 0.25) is 11.8 Å². The smallest absolute Gasteiger partial charge is 0.247 e. The molecule has 0 radical (unpaired) electrons. The molecule has 0 aliphatic carbocycles. The van der Waals surface area contributed by atoms with Crippen molar-refractivity contribution < 1.29 is 9.59 Å². The number of nitrogens with one attached hydrogen (secondary N) is 1. The molecule has 1 fully saturated rings. The molecule has 1 saturated heterocycles. The van der Waals surface area contributed by atoms with E-state index in [1.165, 1.54) is 0 Å². The zero-order chi connectivity index (χ0) is 18.4. The van der Waals surface area contributed by atoms with Gasteiger partial charge in [0.1, 0.15) is 6.04 Å². The molecule has 1 atom stereocenters. The number of hydrogen-bond acceptors (Lipinski definition) is 4. The van der Waals surface area contributed by atoms with E-state index in [1.54, 1.807) is 4.90 Å². The van der Waals surface area contributed by atoms with Crippen molar-refractivity contribution in [3.8, 4) is 12.3 Å². The number of carbonyl (C=O) groups excluding carboxylic acids is 2. The van der Waals surface area contributed by atoms with Crippen LogP contribution in [0.4, 0.5) is 0 Å². The predicted octanol–water partition coefficient (Wildman–Crippen LogP) is 2.82. The maximum absolute atomic E-state index is 12.9. The van der Waals surface area contributed by atoms with Gasteiger partial charge in [0.15, 0.2) is 5.66 Å².